The number of carbonyl (C=O) groups is 4. The van der Waals surface area contributed by atoms with Crippen LogP contribution >= 0.6 is 0 Å². The van der Waals surface area contributed by atoms with Gasteiger partial charge >= 0.3 is 11.9 Å². The molecule has 0 radical (unpaired) electrons. The number of amides is 2. The van der Waals surface area contributed by atoms with Gasteiger partial charge in [-0.2, -0.15) is 0 Å². The molecule has 0 saturated heterocycles. The standard InChI is InChI=1S/C24H21NO6/c1-30-23(28)17-15-12-8-3-4-9-13-16(15)18(24(29)31-2)20-19(17)21(26)25(22(20)27)14-10-6-5-7-11-14/h3-7,10-11H,8-9,12-13H2,1-2H3/b4-3+. The molecule has 1 aliphatic carbocycles. The highest BCUT2D eigenvalue weighted by Crippen LogP contribution is 2.39. The number of para-hydroxylation sites is 1. The van der Waals surface area contributed by atoms with E-state index in [1.807, 2.05) is 12.2 Å². The van der Waals surface area contributed by atoms with Gasteiger partial charge in [-0.25, -0.2) is 14.5 Å². The number of rotatable bonds is 3. The van der Waals surface area contributed by atoms with Crippen molar-refractivity contribution in [2.45, 2.75) is 25.7 Å². The van der Waals surface area contributed by atoms with Crippen LogP contribution in [0.5, 0.6) is 0 Å². The maximum Gasteiger partial charge on any atom is 0.338 e. The van der Waals surface area contributed by atoms with E-state index in [4.69, 9.17) is 9.47 Å². The van der Waals surface area contributed by atoms with Crippen LogP contribution in [0.3, 0.4) is 0 Å². The summed E-state index contributed by atoms with van der Waals surface area (Å²) in [4.78, 5) is 53.7. The number of ether oxygens (including phenoxy) is 2. The molecule has 0 N–H and O–H groups in total. The van der Waals surface area contributed by atoms with Crippen LogP contribution in [0.1, 0.15) is 65.4 Å². The molecule has 0 aromatic heterocycles. The van der Waals surface area contributed by atoms with Gasteiger partial charge in [0.25, 0.3) is 11.8 Å². The van der Waals surface area contributed by atoms with Gasteiger partial charge in [0.2, 0.25) is 0 Å². The third kappa shape index (κ3) is 3.22. The number of fused-ring (bicyclic) bond motifs is 2. The van der Waals surface area contributed by atoms with Gasteiger partial charge in [0.05, 0.1) is 42.2 Å². The molecule has 2 aliphatic rings. The maximum absolute atomic E-state index is 13.5. The molecular formula is C24H21NO6. The molecule has 2 amide bonds. The minimum Gasteiger partial charge on any atom is -0.465 e. The number of imide groups is 1. The molecule has 0 fully saturated rings. The van der Waals surface area contributed by atoms with Crippen molar-refractivity contribution in [2.24, 2.45) is 0 Å². The Labute approximate surface area is 179 Å². The fourth-order valence-electron chi connectivity index (χ4n) is 4.31. The second-order valence-electron chi connectivity index (χ2n) is 7.27. The number of hydrogen-bond acceptors (Lipinski definition) is 6. The second-order valence-corrected chi connectivity index (χ2v) is 7.27. The lowest BCUT2D eigenvalue weighted by Gasteiger charge is -2.20. The van der Waals surface area contributed by atoms with Gasteiger partial charge in [-0.1, -0.05) is 30.4 Å². The van der Waals surface area contributed by atoms with E-state index in [0.29, 0.717) is 42.5 Å². The number of anilines is 1. The van der Waals surface area contributed by atoms with Gasteiger partial charge in [-0.3, -0.25) is 9.59 Å². The first-order valence-electron chi connectivity index (χ1n) is 9.98. The maximum atomic E-state index is 13.5. The second kappa shape index (κ2) is 8.18. The van der Waals surface area contributed by atoms with Crippen molar-refractivity contribution in [3.8, 4) is 0 Å². The van der Waals surface area contributed by atoms with E-state index in [1.165, 1.54) is 14.2 Å². The Balaban J connectivity index is 2.08. The Kier molecular flexibility index (Phi) is 5.42. The lowest BCUT2D eigenvalue weighted by Crippen LogP contribution is -2.30. The summed E-state index contributed by atoms with van der Waals surface area (Å²) in [6.07, 6.45) is 6.11. The normalized spacial score (nSPS) is 16.1. The molecule has 0 bridgehead atoms. The monoisotopic (exact) mass is 419 g/mol. The summed E-state index contributed by atoms with van der Waals surface area (Å²) in [5.41, 5.74) is 1.42. The Morgan fingerprint density at radius 1 is 0.774 bits per heavy atom. The lowest BCUT2D eigenvalue weighted by atomic mass is 9.82. The third-order valence-electron chi connectivity index (χ3n) is 5.63. The van der Waals surface area contributed by atoms with Crippen molar-refractivity contribution >= 4 is 29.4 Å². The molecule has 158 valence electrons. The van der Waals surface area contributed by atoms with Crippen LogP contribution in [0.25, 0.3) is 0 Å². The molecule has 0 atom stereocenters. The number of carbonyl (C=O) groups excluding carboxylic acids is 4. The first kappa shape index (κ1) is 20.5. The van der Waals surface area contributed by atoms with E-state index in [2.05, 4.69) is 0 Å². The molecule has 2 aromatic rings. The largest absolute Gasteiger partial charge is 0.465 e. The fourth-order valence-corrected chi connectivity index (χ4v) is 4.31. The lowest BCUT2D eigenvalue weighted by molar-refractivity contribution is 0.0582. The Morgan fingerprint density at radius 2 is 1.23 bits per heavy atom. The Morgan fingerprint density at radius 3 is 1.65 bits per heavy atom. The summed E-state index contributed by atoms with van der Waals surface area (Å²) in [6, 6.07) is 8.41. The highest BCUT2D eigenvalue weighted by Gasteiger charge is 2.46. The molecule has 2 aromatic carbocycles. The number of nitrogens with zero attached hydrogens (tertiary/aromatic N) is 1. The average molecular weight is 419 g/mol. The molecular weight excluding hydrogens is 398 g/mol. The van der Waals surface area contributed by atoms with Gasteiger partial charge in [0.1, 0.15) is 0 Å². The highest BCUT2D eigenvalue weighted by atomic mass is 16.5. The van der Waals surface area contributed by atoms with Crippen LogP contribution in [0.2, 0.25) is 0 Å². The summed E-state index contributed by atoms with van der Waals surface area (Å²) in [5, 5.41) is 0. The molecule has 1 aliphatic heterocycles. The smallest absolute Gasteiger partial charge is 0.338 e. The molecule has 4 rings (SSSR count). The van der Waals surface area contributed by atoms with Crippen LogP contribution in [-0.4, -0.2) is 38.0 Å². The quantitative estimate of drug-likeness (QED) is 0.430. The molecule has 7 heteroatoms. The summed E-state index contributed by atoms with van der Waals surface area (Å²) in [7, 11) is 2.46. The van der Waals surface area contributed by atoms with Crippen molar-refractivity contribution in [1.29, 1.82) is 0 Å². The number of benzene rings is 2. The van der Waals surface area contributed by atoms with Gasteiger partial charge in [0, 0.05) is 0 Å². The third-order valence-corrected chi connectivity index (χ3v) is 5.63. The molecule has 31 heavy (non-hydrogen) atoms. The van der Waals surface area contributed by atoms with E-state index in [0.717, 1.165) is 4.90 Å². The summed E-state index contributed by atoms with van der Waals surface area (Å²) >= 11 is 0. The average Bonchev–Trinajstić information content (AvgIpc) is 3.02. The van der Waals surface area contributed by atoms with Crippen LogP contribution in [0.15, 0.2) is 42.5 Å². The molecule has 0 unspecified atom stereocenters. The van der Waals surface area contributed by atoms with Gasteiger partial charge < -0.3 is 9.47 Å². The van der Waals surface area contributed by atoms with E-state index >= 15 is 0 Å². The molecule has 7 nitrogen and oxygen atoms in total. The molecule has 0 saturated carbocycles. The van der Waals surface area contributed by atoms with Crippen molar-refractivity contribution in [3.05, 3.63) is 75.9 Å². The number of hydrogen-bond donors (Lipinski definition) is 0. The van der Waals surface area contributed by atoms with Gasteiger partial charge in [0.15, 0.2) is 0 Å². The summed E-state index contributed by atoms with van der Waals surface area (Å²) < 4.78 is 9.99. The highest BCUT2D eigenvalue weighted by molar-refractivity contribution is 6.38. The number of esters is 2. The zero-order valence-corrected chi connectivity index (χ0v) is 17.3. The summed E-state index contributed by atoms with van der Waals surface area (Å²) in [5.74, 6) is -2.72. The zero-order valence-electron chi connectivity index (χ0n) is 17.3. The van der Waals surface area contributed by atoms with Crippen LogP contribution < -0.4 is 4.90 Å². The van der Waals surface area contributed by atoms with Crippen molar-refractivity contribution < 1.29 is 28.7 Å². The minimum atomic E-state index is -0.704. The SMILES string of the molecule is COC(=O)c1c2c(c(C(=O)OC)c3c1C(=O)N(c1ccccc1)C3=O)CC/C=C/CC2. The van der Waals surface area contributed by atoms with E-state index in [1.54, 1.807) is 30.3 Å². The molecule has 0 spiro atoms. The topological polar surface area (TPSA) is 90.0 Å². The first-order valence-corrected chi connectivity index (χ1v) is 9.98. The minimum absolute atomic E-state index is 0.0623. The van der Waals surface area contributed by atoms with E-state index < -0.39 is 23.8 Å². The van der Waals surface area contributed by atoms with Crippen molar-refractivity contribution in [1.82, 2.24) is 0 Å². The predicted octanol–water partition coefficient (Wildman–Crippen LogP) is 3.50. The Hall–Kier alpha value is -3.74. The number of methoxy groups -OCH3 is 2. The van der Waals surface area contributed by atoms with E-state index in [-0.39, 0.29) is 22.3 Å². The summed E-state index contributed by atoms with van der Waals surface area (Å²) in [6.45, 7) is 0. The van der Waals surface area contributed by atoms with Crippen LogP contribution in [-0.2, 0) is 22.3 Å². The fraction of sp³-hybridized carbons (Fsp3) is 0.250. The molecule has 1 heterocycles. The van der Waals surface area contributed by atoms with Crippen molar-refractivity contribution in [2.75, 3.05) is 19.1 Å². The first-order chi connectivity index (χ1) is 15.0. The van der Waals surface area contributed by atoms with Crippen molar-refractivity contribution in [3.63, 3.8) is 0 Å². The number of allylic oxidation sites excluding steroid dienone is 2. The van der Waals surface area contributed by atoms with Crippen LogP contribution in [0.4, 0.5) is 5.69 Å². The Bertz CT molecular complexity index is 1060. The van der Waals surface area contributed by atoms with Gasteiger partial charge in [-0.05, 0) is 48.9 Å². The van der Waals surface area contributed by atoms with Crippen LogP contribution in [0, 0.1) is 0 Å². The van der Waals surface area contributed by atoms with Gasteiger partial charge in [-0.15, -0.1) is 0 Å². The predicted molar refractivity (Wildman–Crippen MR) is 112 cm³/mol. The zero-order chi connectivity index (χ0) is 22.1. The van der Waals surface area contributed by atoms with E-state index in [9.17, 15) is 19.2 Å².